The lowest BCUT2D eigenvalue weighted by atomic mass is 10.1. The van der Waals surface area contributed by atoms with Gasteiger partial charge in [-0.1, -0.05) is 18.2 Å². The Balaban J connectivity index is 2.08. The predicted octanol–water partition coefficient (Wildman–Crippen LogP) is 2.37. The van der Waals surface area contributed by atoms with Crippen LogP contribution in [-0.2, 0) is 6.54 Å². The number of halogens is 1. The number of hydrogen-bond acceptors (Lipinski definition) is 3. The first-order chi connectivity index (χ1) is 9.11. The average molecular weight is 262 g/mol. The number of rotatable bonds is 4. The van der Waals surface area contributed by atoms with Crippen LogP contribution in [0.3, 0.4) is 0 Å². The molecular weight excluding hydrogens is 247 g/mol. The summed E-state index contributed by atoms with van der Waals surface area (Å²) in [5, 5.41) is 2.68. The highest BCUT2D eigenvalue weighted by molar-refractivity contribution is 5.91. The second-order valence-electron chi connectivity index (χ2n) is 4.19. The number of nitrogens with two attached hydrogens (primary N) is 1. The zero-order valence-corrected chi connectivity index (χ0v) is 10.5. The highest BCUT2D eigenvalue weighted by Crippen LogP contribution is 2.17. The highest BCUT2D eigenvalue weighted by atomic mass is 19.1. The van der Waals surface area contributed by atoms with Gasteiger partial charge in [0.15, 0.2) is 5.76 Å². The van der Waals surface area contributed by atoms with Crippen molar-refractivity contribution >= 4 is 5.91 Å². The van der Waals surface area contributed by atoms with Crippen molar-refractivity contribution in [1.82, 2.24) is 5.32 Å². The Morgan fingerprint density at radius 3 is 2.74 bits per heavy atom. The molecule has 1 atom stereocenters. The first kappa shape index (κ1) is 13.3. The molecule has 0 aliphatic heterocycles. The molecule has 2 aromatic rings. The van der Waals surface area contributed by atoms with Crippen LogP contribution in [0.2, 0.25) is 0 Å². The van der Waals surface area contributed by atoms with E-state index in [1.165, 1.54) is 6.07 Å². The van der Waals surface area contributed by atoms with E-state index in [1.807, 2.05) is 0 Å². The minimum atomic E-state index is -0.444. The third-order valence-electron chi connectivity index (χ3n) is 2.81. The maximum atomic E-state index is 13.6. The van der Waals surface area contributed by atoms with Crippen molar-refractivity contribution in [2.75, 3.05) is 0 Å². The van der Waals surface area contributed by atoms with Gasteiger partial charge in [0.25, 0.3) is 5.91 Å². The summed E-state index contributed by atoms with van der Waals surface area (Å²) >= 11 is 0. The van der Waals surface area contributed by atoms with E-state index < -0.39 is 11.9 Å². The summed E-state index contributed by atoms with van der Waals surface area (Å²) in [5.41, 5.74) is 5.83. The standard InChI is InChI=1S/C14H15FN2O2/c1-9(11-4-2-3-5-12(11)15)17-14(18)13-7-6-10(8-16)19-13/h2-7,9H,8,16H2,1H3,(H,17,18). The lowest BCUT2D eigenvalue weighted by Crippen LogP contribution is -2.26. The second-order valence-corrected chi connectivity index (χ2v) is 4.19. The molecule has 0 bridgehead atoms. The van der Waals surface area contributed by atoms with Crippen molar-refractivity contribution in [3.05, 3.63) is 59.3 Å². The number of carbonyl (C=O) groups excluding carboxylic acids is 1. The van der Waals surface area contributed by atoms with Gasteiger partial charge in [-0.25, -0.2) is 4.39 Å². The van der Waals surface area contributed by atoms with Crippen molar-refractivity contribution in [2.45, 2.75) is 19.5 Å². The summed E-state index contributed by atoms with van der Waals surface area (Å²) in [6.45, 7) is 1.94. The summed E-state index contributed by atoms with van der Waals surface area (Å²) < 4.78 is 18.8. The van der Waals surface area contributed by atoms with Crippen molar-refractivity contribution in [3.8, 4) is 0 Å². The van der Waals surface area contributed by atoms with Gasteiger partial charge in [-0.2, -0.15) is 0 Å². The van der Waals surface area contributed by atoms with Gasteiger partial charge in [0.05, 0.1) is 12.6 Å². The lowest BCUT2D eigenvalue weighted by Gasteiger charge is -2.13. The van der Waals surface area contributed by atoms with Crippen LogP contribution in [0, 0.1) is 5.82 Å². The second kappa shape index (κ2) is 5.67. The SMILES string of the molecule is CC(NC(=O)c1ccc(CN)o1)c1ccccc1F. The normalized spacial score (nSPS) is 12.2. The quantitative estimate of drug-likeness (QED) is 0.888. The molecule has 1 amide bonds. The predicted molar refractivity (Wildman–Crippen MR) is 68.9 cm³/mol. The van der Waals surface area contributed by atoms with Crippen molar-refractivity contribution in [1.29, 1.82) is 0 Å². The fourth-order valence-electron chi connectivity index (χ4n) is 1.78. The number of furan rings is 1. The molecule has 19 heavy (non-hydrogen) atoms. The molecule has 0 saturated carbocycles. The van der Waals surface area contributed by atoms with Crippen LogP contribution in [0.15, 0.2) is 40.8 Å². The third-order valence-corrected chi connectivity index (χ3v) is 2.81. The third kappa shape index (κ3) is 3.00. The van der Waals surface area contributed by atoms with E-state index in [0.717, 1.165) is 0 Å². The molecule has 1 aromatic heterocycles. The van der Waals surface area contributed by atoms with E-state index >= 15 is 0 Å². The van der Waals surface area contributed by atoms with Gasteiger partial charge < -0.3 is 15.5 Å². The van der Waals surface area contributed by atoms with E-state index in [2.05, 4.69) is 5.32 Å². The first-order valence-electron chi connectivity index (χ1n) is 5.96. The molecule has 0 saturated heterocycles. The van der Waals surface area contributed by atoms with Crippen LogP contribution in [0.25, 0.3) is 0 Å². The smallest absolute Gasteiger partial charge is 0.287 e. The van der Waals surface area contributed by atoms with Crippen molar-refractivity contribution in [3.63, 3.8) is 0 Å². The Morgan fingerprint density at radius 1 is 1.37 bits per heavy atom. The molecule has 5 heteroatoms. The van der Waals surface area contributed by atoms with Gasteiger partial charge in [0.1, 0.15) is 11.6 Å². The number of hydrogen-bond donors (Lipinski definition) is 2. The van der Waals surface area contributed by atoms with Crippen LogP contribution in [-0.4, -0.2) is 5.91 Å². The Morgan fingerprint density at radius 2 is 2.11 bits per heavy atom. The fourth-order valence-corrected chi connectivity index (χ4v) is 1.78. The van der Waals surface area contributed by atoms with Gasteiger partial charge in [0, 0.05) is 5.56 Å². The summed E-state index contributed by atoms with van der Waals surface area (Å²) in [6, 6.07) is 9.06. The van der Waals surface area contributed by atoms with Crippen LogP contribution in [0.5, 0.6) is 0 Å². The summed E-state index contributed by atoms with van der Waals surface area (Å²) in [7, 11) is 0. The fraction of sp³-hybridized carbons (Fsp3) is 0.214. The molecule has 1 unspecified atom stereocenters. The van der Waals surface area contributed by atoms with E-state index in [-0.39, 0.29) is 18.1 Å². The Hall–Kier alpha value is -2.14. The minimum absolute atomic E-state index is 0.170. The van der Waals surface area contributed by atoms with Gasteiger partial charge in [-0.15, -0.1) is 0 Å². The molecule has 0 aliphatic rings. The zero-order chi connectivity index (χ0) is 13.8. The first-order valence-corrected chi connectivity index (χ1v) is 5.96. The Bertz CT molecular complexity index is 580. The lowest BCUT2D eigenvalue weighted by molar-refractivity contribution is 0.0909. The van der Waals surface area contributed by atoms with E-state index in [0.29, 0.717) is 11.3 Å². The van der Waals surface area contributed by atoms with Gasteiger partial charge in [-0.05, 0) is 25.1 Å². The summed E-state index contributed by atoms with van der Waals surface area (Å²) in [4.78, 5) is 11.9. The summed E-state index contributed by atoms with van der Waals surface area (Å²) in [6.07, 6.45) is 0. The largest absolute Gasteiger partial charge is 0.455 e. The molecule has 3 N–H and O–H groups in total. The molecule has 1 aromatic carbocycles. The Kier molecular flexibility index (Phi) is 3.97. The number of nitrogens with one attached hydrogen (secondary N) is 1. The van der Waals surface area contributed by atoms with Crippen LogP contribution >= 0.6 is 0 Å². The van der Waals surface area contributed by atoms with Gasteiger partial charge >= 0.3 is 0 Å². The maximum absolute atomic E-state index is 13.6. The van der Waals surface area contributed by atoms with Gasteiger partial charge in [-0.3, -0.25) is 4.79 Å². The van der Waals surface area contributed by atoms with Crippen LogP contribution in [0.4, 0.5) is 4.39 Å². The summed E-state index contributed by atoms with van der Waals surface area (Å²) in [5.74, 6) is -0.0415. The molecule has 0 aliphatic carbocycles. The van der Waals surface area contributed by atoms with Crippen molar-refractivity contribution < 1.29 is 13.6 Å². The van der Waals surface area contributed by atoms with Crippen LogP contribution in [0.1, 0.15) is 34.8 Å². The minimum Gasteiger partial charge on any atom is -0.455 e. The molecule has 0 radical (unpaired) electrons. The van der Waals surface area contributed by atoms with E-state index in [1.54, 1.807) is 37.3 Å². The monoisotopic (exact) mass is 262 g/mol. The molecule has 4 nitrogen and oxygen atoms in total. The van der Waals surface area contributed by atoms with Gasteiger partial charge in [0.2, 0.25) is 0 Å². The maximum Gasteiger partial charge on any atom is 0.287 e. The zero-order valence-electron chi connectivity index (χ0n) is 10.5. The number of benzene rings is 1. The van der Waals surface area contributed by atoms with E-state index in [9.17, 15) is 9.18 Å². The number of amides is 1. The van der Waals surface area contributed by atoms with E-state index in [4.69, 9.17) is 10.2 Å². The molecule has 100 valence electrons. The molecule has 0 fully saturated rings. The van der Waals surface area contributed by atoms with Crippen LogP contribution < -0.4 is 11.1 Å². The molecular formula is C14H15FN2O2. The Labute approximate surface area is 110 Å². The molecule has 2 rings (SSSR count). The molecule has 0 spiro atoms. The topological polar surface area (TPSA) is 68.3 Å². The molecule has 1 heterocycles. The average Bonchev–Trinajstić information content (AvgIpc) is 2.88. The number of carbonyl (C=O) groups is 1. The highest BCUT2D eigenvalue weighted by Gasteiger charge is 2.16. The van der Waals surface area contributed by atoms with Crippen molar-refractivity contribution in [2.24, 2.45) is 5.73 Å².